The van der Waals surface area contributed by atoms with Crippen LogP contribution in [0, 0.1) is 17.2 Å². The fourth-order valence-corrected chi connectivity index (χ4v) is 2.99. The molecule has 2 rings (SSSR count). The van der Waals surface area contributed by atoms with Crippen LogP contribution in [-0.2, 0) is 0 Å². The van der Waals surface area contributed by atoms with E-state index in [0.717, 1.165) is 16.6 Å². The predicted molar refractivity (Wildman–Crippen MR) is 77.9 cm³/mol. The van der Waals surface area contributed by atoms with Crippen LogP contribution in [0.2, 0.25) is 0 Å². The Labute approximate surface area is 129 Å². The minimum Gasteiger partial charge on any atom is -0.385 e. The monoisotopic (exact) mass is 361 g/mol. The number of hydrogen-bond acceptors (Lipinski definition) is 3. The van der Waals surface area contributed by atoms with Crippen LogP contribution in [-0.4, -0.2) is 37.3 Å². The Morgan fingerprint density at radius 2 is 2.14 bits per heavy atom. The van der Waals surface area contributed by atoms with E-state index in [2.05, 4.69) is 27.3 Å². The molecule has 1 aliphatic heterocycles. The van der Waals surface area contributed by atoms with Crippen LogP contribution >= 0.6 is 15.9 Å². The molecule has 0 saturated carbocycles. The fraction of sp³-hybridized carbons (Fsp3) is 0.500. The van der Waals surface area contributed by atoms with E-state index in [1.165, 1.54) is 4.90 Å². The highest BCUT2D eigenvalue weighted by molar-refractivity contribution is 9.10. The third kappa shape index (κ3) is 5.21. The molecule has 3 nitrogen and oxygen atoms in total. The Hall–Kier alpha value is -1.26. The molecule has 7 heteroatoms. The van der Waals surface area contributed by atoms with Crippen LogP contribution in [0.4, 0.5) is 18.9 Å². The van der Waals surface area contributed by atoms with Crippen molar-refractivity contribution in [2.75, 3.05) is 31.5 Å². The van der Waals surface area contributed by atoms with E-state index >= 15 is 0 Å². The number of hydrogen-bond donors (Lipinski definition) is 1. The lowest BCUT2D eigenvalue weighted by molar-refractivity contribution is -0.143. The first kappa shape index (κ1) is 16.1. The number of nitrogens with zero attached hydrogens (tertiary/aromatic N) is 2. The minimum atomic E-state index is -4.13. The number of benzene rings is 1. The summed E-state index contributed by atoms with van der Waals surface area (Å²) in [6, 6.07) is 7.36. The van der Waals surface area contributed by atoms with E-state index in [9.17, 15) is 13.2 Å². The third-order valence-corrected chi connectivity index (χ3v) is 3.85. The van der Waals surface area contributed by atoms with Crippen molar-refractivity contribution in [3.8, 4) is 6.07 Å². The lowest BCUT2D eigenvalue weighted by Gasteiger charge is -2.18. The van der Waals surface area contributed by atoms with Gasteiger partial charge in [-0.05, 0) is 37.1 Å². The van der Waals surface area contributed by atoms with Gasteiger partial charge in [0.15, 0.2) is 0 Å². The van der Waals surface area contributed by atoms with Crippen LogP contribution in [0.25, 0.3) is 0 Å². The van der Waals surface area contributed by atoms with Gasteiger partial charge in [0.1, 0.15) is 0 Å². The Balaban J connectivity index is 1.85. The molecule has 0 bridgehead atoms. The molecule has 1 atom stereocenters. The number of likely N-dealkylation sites (tertiary alicyclic amines) is 1. The number of rotatable bonds is 4. The average molecular weight is 362 g/mol. The van der Waals surface area contributed by atoms with E-state index in [1.54, 1.807) is 12.1 Å². The first-order chi connectivity index (χ1) is 9.85. The molecule has 1 aliphatic rings. The van der Waals surface area contributed by atoms with Gasteiger partial charge in [-0.1, -0.05) is 15.9 Å². The largest absolute Gasteiger partial charge is 0.401 e. The van der Waals surface area contributed by atoms with Gasteiger partial charge in [0.05, 0.1) is 18.2 Å². The second-order valence-corrected chi connectivity index (χ2v) is 6.14. The molecule has 1 aromatic rings. The van der Waals surface area contributed by atoms with Crippen molar-refractivity contribution in [3.63, 3.8) is 0 Å². The van der Waals surface area contributed by atoms with Gasteiger partial charge in [-0.15, -0.1) is 0 Å². The molecular weight excluding hydrogens is 347 g/mol. The maximum absolute atomic E-state index is 12.3. The van der Waals surface area contributed by atoms with Gasteiger partial charge < -0.3 is 5.32 Å². The van der Waals surface area contributed by atoms with E-state index in [4.69, 9.17) is 5.26 Å². The highest BCUT2D eigenvalue weighted by atomic mass is 79.9. The normalized spacial score (nSPS) is 19.5. The molecule has 0 amide bonds. The van der Waals surface area contributed by atoms with Crippen molar-refractivity contribution in [3.05, 3.63) is 28.2 Å². The van der Waals surface area contributed by atoms with Gasteiger partial charge in [-0.2, -0.15) is 18.4 Å². The summed E-state index contributed by atoms with van der Waals surface area (Å²) in [7, 11) is 0. The summed E-state index contributed by atoms with van der Waals surface area (Å²) in [5.41, 5.74) is 1.34. The van der Waals surface area contributed by atoms with Gasteiger partial charge in [-0.3, -0.25) is 4.90 Å². The zero-order valence-electron chi connectivity index (χ0n) is 11.3. The summed E-state index contributed by atoms with van der Waals surface area (Å²) in [5.74, 6) is 0.192. The Morgan fingerprint density at radius 3 is 2.81 bits per heavy atom. The Kier molecular flexibility index (Phi) is 5.12. The van der Waals surface area contributed by atoms with Gasteiger partial charge in [0.25, 0.3) is 0 Å². The second-order valence-electron chi connectivity index (χ2n) is 5.23. The van der Waals surface area contributed by atoms with Crippen LogP contribution < -0.4 is 5.32 Å². The molecule has 0 radical (unpaired) electrons. The van der Waals surface area contributed by atoms with Crippen LogP contribution in [0.15, 0.2) is 22.7 Å². The van der Waals surface area contributed by atoms with Crippen molar-refractivity contribution in [2.45, 2.75) is 12.6 Å². The molecule has 0 aromatic heterocycles. The van der Waals surface area contributed by atoms with Crippen LogP contribution in [0.5, 0.6) is 0 Å². The van der Waals surface area contributed by atoms with Crippen molar-refractivity contribution in [2.24, 2.45) is 5.92 Å². The highest BCUT2D eigenvalue weighted by Gasteiger charge is 2.34. The zero-order chi connectivity index (χ0) is 15.5. The lowest BCUT2D eigenvalue weighted by atomic mass is 10.1. The number of alkyl halides is 3. The summed E-state index contributed by atoms with van der Waals surface area (Å²) in [4.78, 5) is 1.44. The summed E-state index contributed by atoms with van der Waals surface area (Å²) >= 11 is 3.33. The van der Waals surface area contributed by atoms with Gasteiger partial charge >= 0.3 is 6.18 Å². The Bertz CT molecular complexity index is 539. The summed E-state index contributed by atoms with van der Waals surface area (Å²) in [6.07, 6.45) is -3.38. The third-order valence-electron chi connectivity index (χ3n) is 3.39. The van der Waals surface area contributed by atoms with E-state index < -0.39 is 12.7 Å². The maximum Gasteiger partial charge on any atom is 0.401 e. The smallest absolute Gasteiger partial charge is 0.385 e. The van der Waals surface area contributed by atoms with Gasteiger partial charge in [-0.25, -0.2) is 0 Å². The molecule has 0 aliphatic carbocycles. The van der Waals surface area contributed by atoms with E-state index in [1.807, 2.05) is 6.07 Å². The zero-order valence-corrected chi connectivity index (χ0v) is 12.8. The molecule has 1 aromatic carbocycles. The minimum absolute atomic E-state index is 0.192. The Morgan fingerprint density at radius 1 is 1.38 bits per heavy atom. The quantitative estimate of drug-likeness (QED) is 0.890. The summed E-state index contributed by atoms with van der Waals surface area (Å²) in [5, 5.41) is 12.1. The SMILES string of the molecule is N#Cc1cc(Br)cc(NCC2CCN(CC(F)(F)F)C2)c1. The average Bonchev–Trinajstić information content (AvgIpc) is 2.81. The molecule has 114 valence electrons. The number of anilines is 1. The summed E-state index contributed by atoms with van der Waals surface area (Å²) in [6.45, 7) is 0.702. The molecule has 1 heterocycles. The van der Waals surface area contributed by atoms with Gasteiger partial charge in [0, 0.05) is 23.2 Å². The van der Waals surface area contributed by atoms with Crippen molar-refractivity contribution in [1.29, 1.82) is 5.26 Å². The van der Waals surface area contributed by atoms with Gasteiger partial charge in [0.2, 0.25) is 0 Å². The number of nitriles is 1. The molecule has 1 unspecified atom stereocenters. The first-order valence-corrected chi connectivity index (χ1v) is 7.39. The van der Waals surface area contributed by atoms with Crippen LogP contribution in [0.3, 0.4) is 0 Å². The van der Waals surface area contributed by atoms with Crippen LogP contribution in [0.1, 0.15) is 12.0 Å². The van der Waals surface area contributed by atoms with Crippen molar-refractivity contribution in [1.82, 2.24) is 4.90 Å². The first-order valence-electron chi connectivity index (χ1n) is 6.59. The molecule has 1 fully saturated rings. The van der Waals surface area contributed by atoms with E-state index in [0.29, 0.717) is 25.2 Å². The van der Waals surface area contributed by atoms with E-state index in [-0.39, 0.29) is 5.92 Å². The number of nitrogens with one attached hydrogen (secondary N) is 1. The molecule has 1 saturated heterocycles. The predicted octanol–water partition coefficient (Wildman–Crippen LogP) is 3.62. The highest BCUT2D eigenvalue weighted by Crippen LogP contribution is 2.24. The molecule has 21 heavy (non-hydrogen) atoms. The lowest BCUT2D eigenvalue weighted by Crippen LogP contribution is -2.33. The summed E-state index contributed by atoms with van der Waals surface area (Å²) < 4.78 is 37.8. The molecule has 0 spiro atoms. The van der Waals surface area contributed by atoms with Crippen molar-refractivity contribution < 1.29 is 13.2 Å². The maximum atomic E-state index is 12.3. The second kappa shape index (κ2) is 6.67. The molecule has 1 N–H and O–H groups in total. The number of halogens is 4. The topological polar surface area (TPSA) is 39.1 Å². The standard InChI is InChI=1S/C14H15BrF3N3/c15-12-3-11(6-19)4-13(5-12)20-7-10-1-2-21(8-10)9-14(16,17)18/h3-5,10,20H,1-2,7-9H2. The van der Waals surface area contributed by atoms with Crippen molar-refractivity contribution >= 4 is 21.6 Å². The molecular formula is C14H15BrF3N3. The fourth-order valence-electron chi connectivity index (χ4n) is 2.50.